The molecule has 0 bridgehead atoms. The van der Waals surface area contributed by atoms with Crippen molar-refractivity contribution in [2.24, 2.45) is 0 Å². The Kier molecular flexibility index (Phi) is 4.25. The van der Waals surface area contributed by atoms with Crippen molar-refractivity contribution in [1.82, 2.24) is 9.13 Å². The highest BCUT2D eigenvalue weighted by Gasteiger charge is 2.09. The van der Waals surface area contributed by atoms with Gasteiger partial charge in [-0.05, 0) is 25.3 Å². The maximum absolute atomic E-state index is 12.3. The maximum atomic E-state index is 12.3. The number of rotatable bonds is 5. The fourth-order valence-electron chi connectivity index (χ4n) is 2.33. The second kappa shape index (κ2) is 5.91. The SMILES string of the molecule is CCCn1c(CC)cn(Cc2ccc(C)cc2)c1=O. The standard InChI is InChI=1S/C16H22N2O/c1-4-10-18-15(5-2)12-17(16(18)19)11-14-8-6-13(3)7-9-14/h6-9,12H,4-5,10-11H2,1-3H3. The molecule has 1 aromatic heterocycles. The fourth-order valence-corrected chi connectivity index (χ4v) is 2.33. The highest BCUT2D eigenvalue weighted by Crippen LogP contribution is 2.07. The predicted octanol–water partition coefficient (Wildman–Crippen LogP) is 2.98. The van der Waals surface area contributed by atoms with Crippen LogP contribution in [0.3, 0.4) is 0 Å². The van der Waals surface area contributed by atoms with E-state index in [9.17, 15) is 4.79 Å². The maximum Gasteiger partial charge on any atom is 0.328 e. The van der Waals surface area contributed by atoms with Crippen molar-refractivity contribution in [3.05, 3.63) is 57.8 Å². The van der Waals surface area contributed by atoms with Crippen molar-refractivity contribution < 1.29 is 0 Å². The topological polar surface area (TPSA) is 26.9 Å². The molecule has 0 spiro atoms. The van der Waals surface area contributed by atoms with Gasteiger partial charge in [-0.1, -0.05) is 43.7 Å². The van der Waals surface area contributed by atoms with Gasteiger partial charge in [-0.3, -0.25) is 9.13 Å². The van der Waals surface area contributed by atoms with Crippen LogP contribution in [0.15, 0.2) is 35.3 Å². The van der Waals surface area contributed by atoms with Gasteiger partial charge in [0.1, 0.15) is 0 Å². The fraction of sp³-hybridized carbons (Fsp3) is 0.438. The van der Waals surface area contributed by atoms with Crippen LogP contribution in [0.5, 0.6) is 0 Å². The first kappa shape index (κ1) is 13.7. The molecule has 3 nitrogen and oxygen atoms in total. The molecule has 102 valence electrons. The summed E-state index contributed by atoms with van der Waals surface area (Å²) in [6, 6.07) is 8.35. The number of hydrogen-bond acceptors (Lipinski definition) is 1. The molecule has 1 aromatic carbocycles. The minimum Gasteiger partial charge on any atom is -0.296 e. The third kappa shape index (κ3) is 2.98. The van der Waals surface area contributed by atoms with Gasteiger partial charge in [0.25, 0.3) is 0 Å². The van der Waals surface area contributed by atoms with Gasteiger partial charge < -0.3 is 0 Å². The van der Waals surface area contributed by atoms with Crippen LogP contribution in [-0.2, 0) is 19.5 Å². The molecule has 0 atom stereocenters. The van der Waals surface area contributed by atoms with Gasteiger partial charge >= 0.3 is 5.69 Å². The molecule has 3 heteroatoms. The summed E-state index contributed by atoms with van der Waals surface area (Å²) < 4.78 is 3.72. The Morgan fingerprint density at radius 1 is 1.11 bits per heavy atom. The Balaban J connectivity index is 2.30. The van der Waals surface area contributed by atoms with Crippen LogP contribution in [0.1, 0.15) is 37.1 Å². The van der Waals surface area contributed by atoms with E-state index in [4.69, 9.17) is 0 Å². The average Bonchev–Trinajstić information content (AvgIpc) is 2.70. The van der Waals surface area contributed by atoms with Gasteiger partial charge in [-0.15, -0.1) is 0 Å². The summed E-state index contributed by atoms with van der Waals surface area (Å²) in [7, 11) is 0. The molecule has 0 aliphatic rings. The Labute approximate surface area is 114 Å². The monoisotopic (exact) mass is 258 g/mol. The Bertz CT molecular complexity index is 590. The quantitative estimate of drug-likeness (QED) is 0.810. The van der Waals surface area contributed by atoms with Crippen LogP contribution in [-0.4, -0.2) is 9.13 Å². The third-order valence-electron chi connectivity index (χ3n) is 3.41. The van der Waals surface area contributed by atoms with E-state index in [1.54, 1.807) is 0 Å². The van der Waals surface area contributed by atoms with Gasteiger partial charge in [0.2, 0.25) is 0 Å². The summed E-state index contributed by atoms with van der Waals surface area (Å²) in [5, 5.41) is 0. The first-order chi connectivity index (χ1) is 9.15. The molecule has 0 aliphatic carbocycles. The van der Waals surface area contributed by atoms with Crippen LogP contribution >= 0.6 is 0 Å². The zero-order valence-electron chi connectivity index (χ0n) is 12.0. The highest BCUT2D eigenvalue weighted by atomic mass is 16.1. The largest absolute Gasteiger partial charge is 0.328 e. The number of aryl methyl sites for hydroxylation is 2. The number of hydrogen-bond donors (Lipinski definition) is 0. The van der Waals surface area contributed by atoms with Gasteiger partial charge in [-0.25, -0.2) is 4.79 Å². The minimum absolute atomic E-state index is 0.110. The molecular formula is C16H22N2O. The molecule has 0 radical (unpaired) electrons. The van der Waals surface area contributed by atoms with E-state index >= 15 is 0 Å². The smallest absolute Gasteiger partial charge is 0.296 e. The Hall–Kier alpha value is -1.77. The summed E-state index contributed by atoms with van der Waals surface area (Å²) in [6.45, 7) is 7.73. The molecule has 0 saturated heterocycles. The van der Waals surface area contributed by atoms with E-state index in [0.717, 1.165) is 25.1 Å². The second-order valence-electron chi connectivity index (χ2n) is 5.02. The van der Waals surface area contributed by atoms with Crippen molar-refractivity contribution in [1.29, 1.82) is 0 Å². The lowest BCUT2D eigenvalue weighted by atomic mass is 10.1. The van der Waals surface area contributed by atoms with Crippen LogP contribution in [0.4, 0.5) is 0 Å². The molecule has 19 heavy (non-hydrogen) atoms. The lowest BCUT2D eigenvalue weighted by molar-refractivity contribution is 0.607. The molecule has 2 rings (SSSR count). The zero-order valence-corrected chi connectivity index (χ0v) is 12.0. The molecule has 2 aromatic rings. The summed E-state index contributed by atoms with van der Waals surface area (Å²) in [5.74, 6) is 0. The van der Waals surface area contributed by atoms with Crippen molar-refractivity contribution >= 4 is 0 Å². The van der Waals surface area contributed by atoms with Crippen LogP contribution in [0.25, 0.3) is 0 Å². The lowest BCUT2D eigenvalue weighted by Gasteiger charge is -2.03. The molecule has 0 fully saturated rings. The minimum atomic E-state index is 0.110. The Morgan fingerprint density at radius 2 is 1.79 bits per heavy atom. The van der Waals surface area contributed by atoms with E-state index in [-0.39, 0.29) is 5.69 Å². The van der Waals surface area contributed by atoms with Crippen LogP contribution in [0, 0.1) is 6.92 Å². The van der Waals surface area contributed by atoms with E-state index < -0.39 is 0 Å². The lowest BCUT2D eigenvalue weighted by Crippen LogP contribution is -2.25. The number of benzene rings is 1. The third-order valence-corrected chi connectivity index (χ3v) is 3.41. The molecule has 0 N–H and O–H groups in total. The van der Waals surface area contributed by atoms with Crippen molar-refractivity contribution in [2.45, 2.75) is 46.7 Å². The van der Waals surface area contributed by atoms with E-state index in [1.807, 2.05) is 15.3 Å². The normalized spacial score (nSPS) is 10.9. The first-order valence-corrected chi connectivity index (χ1v) is 7.00. The van der Waals surface area contributed by atoms with Crippen molar-refractivity contribution in [2.75, 3.05) is 0 Å². The predicted molar refractivity (Wildman–Crippen MR) is 78.6 cm³/mol. The Morgan fingerprint density at radius 3 is 2.37 bits per heavy atom. The average molecular weight is 258 g/mol. The van der Waals surface area contributed by atoms with Crippen molar-refractivity contribution in [3.8, 4) is 0 Å². The van der Waals surface area contributed by atoms with E-state index in [0.29, 0.717) is 6.54 Å². The van der Waals surface area contributed by atoms with E-state index in [2.05, 4.69) is 45.0 Å². The van der Waals surface area contributed by atoms with E-state index in [1.165, 1.54) is 11.1 Å². The van der Waals surface area contributed by atoms with Gasteiger partial charge in [-0.2, -0.15) is 0 Å². The molecule has 0 amide bonds. The molecular weight excluding hydrogens is 236 g/mol. The molecule has 0 unspecified atom stereocenters. The zero-order chi connectivity index (χ0) is 13.8. The van der Waals surface area contributed by atoms with Gasteiger partial charge in [0, 0.05) is 18.4 Å². The number of nitrogens with zero attached hydrogens (tertiary/aromatic N) is 2. The first-order valence-electron chi connectivity index (χ1n) is 7.00. The summed E-state index contributed by atoms with van der Waals surface area (Å²) in [6.07, 6.45) is 3.88. The van der Waals surface area contributed by atoms with Crippen LogP contribution < -0.4 is 5.69 Å². The summed E-state index contributed by atoms with van der Waals surface area (Å²) in [5.41, 5.74) is 3.65. The molecule has 1 heterocycles. The van der Waals surface area contributed by atoms with Crippen molar-refractivity contribution in [3.63, 3.8) is 0 Å². The van der Waals surface area contributed by atoms with Gasteiger partial charge in [0.05, 0.1) is 6.54 Å². The second-order valence-corrected chi connectivity index (χ2v) is 5.02. The number of imidazole rings is 1. The molecule has 0 saturated carbocycles. The molecule has 0 aliphatic heterocycles. The van der Waals surface area contributed by atoms with Gasteiger partial charge in [0.15, 0.2) is 0 Å². The highest BCUT2D eigenvalue weighted by molar-refractivity contribution is 5.21. The summed E-state index contributed by atoms with van der Waals surface area (Å²) in [4.78, 5) is 12.3. The number of aromatic nitrogens is 2. The summed E-state index contributed by atoms with van der Waals surface area (Å²) >= 11 is 0. The van der Waals surface area contributed by atoms with Crippen LogP contribution in [0.2, 0.25) is 0 Å².